The number of aromatic nitrogens is 1. The standard InChI is InChI=1S/C25H24BrNO4/c1-17-5-2-3-6-21(17)22(18-8-11-20(26)12-9-18)15-23(28)19-10-13-24(29)27(16-19)14-4-7-25(30)31/h2-3,5-6,8-13,16,22H,4,7,14-15H2,1H3,(H,30,31). The number of carboxylic acid groups (broad SMARTS) is 1. The highest BCUT2D eigenvalue weighted by molar-refractivity contribution is 9.10. The summed E-state index contributed by atoms with van der Waals surface area (Å²) in [7, 11) is 0. The number of halogens is 1. The van der Waals surface area contributed by atoms with Crippen molar-refractivity contribution in [2.24, 2.45) is 0 Å². The van der Waals surface area contributed by atoms with Gasteiger partial charge in [0, 0.05) is 47.6 Å². The number of ketones is 1. The van der Waals surface area contributed by atoms with Crippen LogP contribution in [0.25, 0.3) is 0 Å². The molecular weight excluding hydrogens is 458 g/mol. The van der Waals surface area contributed by atoms with E-state index in [1.807, 2.05) is 55.5 Å². The monoisotopic (exact) mass is 481 g/mol. The maximum Gasteiger partial charge on any atom is 0.303 e. The number of nitrogens with zero attached hydrogens (tertiary/aromatic N) is 1. The van der Waals surface area contributed by atoms with Gasteiger partial charge in [0.15, 0.2) is 5.78 Å². The minimum absolute atomic E-state index is 0.0243. The van der Waals surface area contributed by atoms with Gasteiger partial charge in [-0.25, -0.2) is 0 Å². The molecule has 6 heteroatoms. The molecule has 1 N–H and O–H groups in total. The second-order valence-corrected chi connectivity index (χ2v) is 8.45. The summed E-state index contributed by atoms with van der Waals surface area (Å²) in [6.07, 6.45) is 2.12. The highest BCUT2D eigenvalue weighted by Crippen LogP contribution is 2.32. The predicted molar refractivity (Wildman–Crippen MR) is 124 cm³/mol. The fourth-order valence-corrected chi connectivity index (χ4v) is 3.92. The van der Waals surface area contributed by atoms with E-state index in [0.29, 0.717) is 12.0 Å². The van der Waals surface area contributed by atoms with Crippen LogP contribution in [0.4, 0.5) is 0 Å². The van der Waals surface area contributed by atoms with Crippen molar-refractivity contribution in [3.8, 4) is 0 Å². The molecule has 1 atom stereocenters. The van der Waals surface area contributed by atoms with Gasteiger partial charge in [-0.05, 0) is 48.2 Å². The molecule has 160 valence electrons. The summed E-state index contributed by atoms with van der Waals surface area (Å²) in [6, 6.07) is 18.9. The van der Waals surface area contributed by atoms with Crippen LogP contribution in [0.1, 0.15) is 52.2 Å². The zero-order chi connectivity index (χ0) is 22.4. The molecule has 2 aromatic carbocycles. The lowest BCUT2D eigenvalue weighted by atomic mass is 9.84. The molecule has 0 radical (unpaired) electrons. The average molecular weight is 482 g/mol. The first-order valence-corrected chi connectivity index (χ1v) is 10.9. The van der Waals surface area contributed by atoms with E-state index >= 15 is 0 Å². The molecule has 0 bridgehead atoms. The second-order valence-electron chi connectivity index (χ2n) is 7.53. The molecule has 0 amide bonds. The molecule has 5 nitrogen and oxygen atoms in total. The third kappa shape index (κ3) is 6.01. The van der Waals surface area contributed by atoms with Crippen molar-refractivity contribution in [1.82, 2.24) is 4.57 Å². The lowest BCUT2D eigenvalue weighted by Gasteiger charge is -2.20. The van der Waals surface area contributed by atoms with E-state index < -0.39 is 5.97 Å². The number of benzene rings is 2. The van der Waals surface area contributed by atoms with Crippen molar-refractivity contribution < 1.29 is 14.7 Å². The van der Waals surface area contributed by atoms with Crippen LogP contribution < -0.4 is 5.56 Å². The summed E-state index contributed by atoms with van der Waals surface area (Å²) in [5.74, 6) is -1.09. The SMILES string of the molecule is Cc1ccccc1C(CC(=O)c1ccc(=O)n(CCCC(=O)O)c1)c1ccc(Br)cc1. The van der Waals surface area contributed by atoms with E-state index in [1.165, 1.54) is 10.6 Å². The summed E-state index contributed by atoms with van der Waals surface area (Å²) in [4.78, 5) is 36.1. The second kappa shape index (κ2) is 10.4. The van der Waals surface area contributed by atoms with E-state index in [-0.39, 0.29) is 36.6 Å². The van der Waals surface area contributed by atoms with Gasteiger partial charge < -0.3 is 9.67 Å². The van der Waals surface area contributed by atoms with E-state index in [9.17, 15) is 14.4 Å². The highest BCUT2D eigenvalue weighted by Gasteiger charge is 2.21. The molecule has 0 saturated carbocycles. The normalized spacial score (nSPS) is 11.8. The fourth-order valence-electron chi connectivity index (χ4n) is 3.66. The number of rotatable bonds is 9. The van der Waals surface area contributed by atoms with Gasteiger partial charge in [0.2, 0.25) is 0 Å². The molecule has 1 heterocycles. The maximum absolute atomic E-state index is 13.2. The third-order valence-electron chi connectivity index (χ3n) is 5.32. The van der Waals surface area contributed by atoms with Crippen LogP contribution in [0.2, 0.25) is 0 Å². The molecular formula is C25H24BrNO4. The zero-order valence-electron chi connectivity index (χ0n) is 17.3. The average Bonchev–Trinajstić information content (AvgIpc) is 2.74. The molecule has 0 spiro atoms. The molecule has 0 fully saturated rings. The van der Waals surface area contributed by atoms with Crippen LogP contribution in [0.3, 0.4) is 0 Å². The summed E-state index contributed by atoms with van der Waals surface area (Å²) >= 11 is 3.46. The Bertz CT molecular complexity index is 1130. The van der Waals surface area contributed by atoms with E-state index in [4.69, 9.17) is 5.11 Å². The lowest BCUT2D eigenvalue weighted by molar-refractivity contribution is -0.137. The number of Topliss-reactive ketones (excluding diaryl/α,β-unsaturated/α-hetero) is 1. The van der Waals surface area contributed by atoms with Crippen LogP contribution >= 0.6 is 15.9 Å². The number of carboxylic acids is 1. The molecule has 3 rings (SSSR count). The molecule has 0 saturated heterocycles. The van der Waals surface area contributed by atoms with Gasteiger partial charge in [-0.3, -0.25) is 14.4 Å². The molecule has 3 aromatic rings. The first-order chi connectivity index (χ1) is 14.8. The van der Waals surface area contributed by atoms with Crippen molar-refractivity contribution >= 4 is 27.7 Å². The third-order valence-corrected chi connectivity index (χ3v) is 5.85. The van der Waals surface area contributed by atoms with E-state index in [0.717, 1.165) is 21.2 Å². The Morgan fingerprint density at radius 1 is 1.03 bits per heavy atom. The van der Waals surface area contributed by atoms with Crippen LogP contribution in [0.15, 0.2) is 76.1 Å². The molecule has 0 aliphatic heterocycles. The lowest BCUT2D eigenvalue weighted by Crippen LogP contribution is -2.21. The Morgan fingerprint density at radius 3 is 2.42 bits per heavy atom. The van der Waals surface area contributed by atoms with E-state index in [1.54, 1.807) is 12.3 Å². The molecule has 1 unspecified atom stereocenters. The zero-order valence-corrected chi connectivity index (χ0v) is 18.8. The number of hydrogen-bond acceptors (Lipinski definition) is 3. The van der Waals surface area contributed by atoms with Crippen molar-refractivity contribution in [2.45, 2.75) is 38.6 Å². The number of pyridine rings is 1. The van der Waals surface area contributed by atoms with Gasteiger partial charge in [-0.2, -0.15) is 0 Å². The summed E-state index contributed by atoms with van der Waals surface area (Å²) in [5.41, 5.74) is 3.45. The number of carbonyl (C=O) groups excluding carboxylic acids is 1. The van der Waals surface area contributed by atoms with Gasteiger partial charge in [-0.1, -0.05) is 52.3 Å². The molecule has 0 aliphatic rings. The first-order valence-electron chi connectivity index (χ1n) is 10.1. The van der Waals surface area contributed by atoms with Crippen LogP contribution in [0.5, 0.6) is 0 Å². The van der Waals surface area contributed by atoms with Crippen molar-refractivity contribution in [3.05, 3.63) is 104 Å². The van der Waals surface area contributed by atoms with Gasteiger partial charge in [-0.15, -0.1) is 0 Å². The summed E-state index contributed by atoms with van der Waals surface area (Å²) < 4.78 is 2.39. The molecule has 1 aromatic heterocycles. The minimum atomic E-state index is -0.907. The Morgan fingerprint density at radius 2 is 1.74 bits per heavy atom. The number of hydrogen-bond donors (Lipinski definition) is 1. The number of aryl methyl sites for hydroxylation is 2. The first kappa shape index (κ1) is 22.7. The maximum atomic E-state index is 13.2. The Balaban J connectivity index is 1.88. The van der Waals surface area contributed by atoms with Crippen molar-refractivity contribution in [1.29, 1.82) is 0 Å². The smallest absolute Gasteiger partial charge is 0.303 e. The van der Waals surface area contributed by atoms with E-state index in [2.05, 4.69) is 15.9 Å². The van der Waals surface area contributed by atoms with Crippen molar-refractivity contribution in [2.75, 3.05) is 0 Å². The Labute approximate surface area is 189 Å². The van der Waals surface area contributed by atoms with Crippen molar-refractivity contribution in [3.63, 3.8) is 0 Å². The summed E-state index contributed by atoms with van der Waals surface area (Å²) in [6.45, 7) is 2.30. The summed E-state index contributed by atoms with van der Waals surface area (Å²) in [5, 5.41) is 8.81. The Hall–Kier alpha value is -2.99. The minimum Gasteiger partial charge on any atom is -0.481 e. The quantitative estimate of drug-likeness (QED) is 0.426. The molecule has 0 aliphatic carbocycles. The Kier molecular flexibility index (Phi) is 7.58. The van der Waals surface area contributed by atoms with Gasteiger partial charge in [0.25, 0.3) is 5.56 Å². The van der Waals surface area contributed by atoms with Crippen LogP contribution in [-0.4, -0.2) is 21.4 Å². The van der Waals surface area contributed by atoms with Gasteiger partial charge in [0.05, 0.1) is 0 Å². The fraction of sp³-hybridized carbons (Fsp3) is 0.240. The van der Waals surface area contributed by atoms with Crippen LogP contribution in [0, 0.1) is 6.92 Å². The highest BCUT2D eigenvalue weighted by atomic mass is 79.9. The molecule has 31 heavy (non-hydrogen) atoms. The van der Waals surface area contributed by atoms with Gasteiger partial charge >= 0.3 is 5.97 Å². The topological polar surface area (TPSA) is 76.4 Å². The number of carbonyl (C=O) groups is 2. The van der Waals surface area contributed by atoms with Crippen LogP contribution in [-0.2, 0) is 11.3 Å². The predicted octanol–water partition coefficient (Wildman–Crippen LogP) is 5.19. The number of aliphatic carboxylic acids is 1. The largest absolute Gasteiger partial charge is 0.481 e. The van der Waals surface area contributed by atoms with Gasteiger partial charge in [0.1, 0.15) is 0 Å².